The van der Waals surface area contributed by atoms with Gasteiger partial charge in [0.25, 0.3) is 0 Å². The number of allylic oxidation sites excluding steroid dienone is 2. The van der Waals surface area contributed by atoms with Crippen LogP contribution in [0.4, 0.5) is 0 Å². The Kier molecular flexibility index (Phi) is 8.19. The zero-order chi connectivity index (χ0) is 21.5. The largest absolute Gasteiger partial charge is 0.264 e. The monoisotopic (exact) mass is 438 g/mol. The van der Waals surface area contributed by atoms with Crippen LogP contribution in [0, 0.1) is 6.92 Å². The molecule has 0 aliphatic heterocycles. The molecule has 3 aromatic rings. The number of fused-ring (bicyclic) bond motifs is 1. The smallest absolute Gasteiger partial charge is 0.125 e. The van der Waals surface area contributed by atoms with E-state index in [0.717, 1.165) is 46.1 Å². The van der Waals surface area contributed by atoms with Gasteiger partial charge in [-0.25, -0.2) is 9.97 Å². The summed E-state index contributed by atoms with van der Waals surface area (Å²) in [6.07, 6.45) is 12.6. The van der Waals surface area contributed by atoms with Crippen molar-refractivity contribution in [2.45, 2.75) is 39.5 Å². The van der Waals surface area contributed by atoms with E-state index >= 15 is 0 Å². The molecule has 0 aromatic carbocycles. The highest BCUT2D eigenvalue weighted by Crippen LogP contribution is 2.37. The Labute approximate surface area is 188 Å². The average molecular weight is 439 g/mol. The van der Waals surface area contributed by atoms with Crippen LogP contribution in [-0.4, -0.2) is 39.6 Å². The first-order chi connectivity index (χ1) is 14.5. The molecule has 158 valence electrons. The molecule has 0 radical (unpaired) electrons. The van der Waals surface area contributed by atoms with E-state index in [9.17, 15) is 0 Å². The number of pyridine rings is 2. The third-order valence-electron chi connectivity index (χ3n) is 4.93. The third-order valence-corrected chi connectivity index (χ3v) is 6.89. The first-order valence-corrected chi connectivity index (χ1v) is 12.3. The highest BCUT2D eigenvalue weighted by atomic mass is 32.2. The van der Waals surface area contributed by atoms with Crippen molar-refractivity contribution in [3.05, 3.63) is 59.7 Å². The molecule has 0 saturated carbocycles. The van der Waals surface area contributed by atoms with Crippen molar-refractivity contribution in [2.24, 2.45) is 0 Å². The third kappa shape index (κ3) is 5.56. The maximum atomic E-state index is 5.04. The Bertz CT molecular complexity index is 994. The van der Waals surface area contributed by atoms with Crippen LogP contribution >= 0.6 is 23.3 Å². The van der Waals surface area contributed by atoms with Crippen molar-refractivity contribution >= 4 is 28.9 Å². The summed E-state index contributed by atoms with van der Waals surface area (Å²) in [5.41, 5.74) is 7.11. The number of hydrogen-bond donors (Lipinski definition) is 0. The van der Waals surface area contributed by atoms with Crippen molar-refractivity contribution in [3.8, 4) is 21.1 Å². The first kappa shape index (κ1) is 22.7. The minimum absolute atomic E-state index is 1.00. The molecule has 0 spiro atoms. The second-order valence-corrected chi connectivity index (χ2v) is 9.46. The molecule has 0 atom stereocenters. The van der Waals surface area contributed by atoms with Gasteiger partial charge in [0.15, 0.2) is 0 Å². The lowest BCUT2D eigenvalue weighted by molar-refractivity contribution is 0.706. The van der Waals surface area contributed by atoms with Crippen LogP contribution in [0.15, 0.2) is 42.7 Å². The van der Waals surface area contributed by atoms with E-state index in [1.54, 1.807) is 29.5 Å². The summed E-state index contributed by atoms with van der Waals surface area (Å²) >= 11 is 3.41. The van der Waals surface area contributed by atoms with E-state index in [4.69, 9.17) is 9.97 Å². The normalized spacial score (nSPS) is 14.4. The summed E-state index contributed by atoms with van der Waals surface area (Å²) in [4.78, 5) is 15.1. The van der Waals surface area contributed by atoms with Crippen LogP contribution in [0.1, 0.15) is 43.1 Å². The van der Waals surface area contributed by atoms with Gasteiger partial charge in [0, 0.05) is 18.0 Å². The first-order valence-electron chi connectivity index (χ1n) is 10.3. The molecule has 0 unspecified atom stereocenters. The zero-order valence-electron chi connectivity index (χ0n) is 18.5. The SMILES string of the molecule is CC/C=C1/CCCc2ccc(-c3sc(-c4cccnc4)nc3C)nc21.CSN(C)C. The van der Waals surface area contributed by atoms with Crippen molar-refractivity contribution in [2.75, 3.05) is 20.4 Å². The number of aromatic nitrogens is 3. The fourth-order valence-electron chi connectivity index (χ4n) is 3.37. The Hall–Kier alpha value is -2.02. The van der Waals surface area contributed by atoms with Crippen LogP contribution in [0.25, 0.3) is 26.7 Å². The zero-order valence-corrected chi connectivity index (χ0v) is 20.1. The van der Waals surface area contributed by atoms with Crippen molar-refractivity contribution in [3.63, 3.8) is 0 Å². The van der Waals surface area contributed by atoms with Gasteiger partial charge in [-0.15, -0.1) is 11.3 Å². The van der Waals surface area contributed by atoms with Gasteiger partial charge in [-0.1, -0.05) is 31.0 Å². The molecule has 4 rings (SSSR count). The van der Waals surface area contributed by atoms with E-state index in [1.807, 2.05) is 36.9 Å². The van der Waals surface area contributed by atoms with Crippen molar-refractivity contribution < 1.29 is 0 Å². The molecular weight excluding hydrogens is 408 g/mol. The molecule has 0 saturated heterocycles. The fraction of sp³-hybridized carbons (Fsp3) is 0.375. The van der Waals surface area contributed by atoms with Gasteiger partial charge in [-0.05, 0) is 82.3 Å². The minimum Gasteiger partial charge on any atom is -0.264 e. The van der Waals surface area contributed by atoms with Crippen molar-refractivity contribution in [1.29, 1.82) is 0 Å². The number of thiazole rings is 1. The van der Waals surface area contributed by atoms with E-state index in [0.29, 0.717) is 0 Å². The lowest BCUT2D eigenvalue weighted by Crippen LogP contribution is -2.05. The summed E-state index contributed by atoms with van der Waals surface area (Å²) in [6.45, 7) is 4.26. The summed E-state index contributed by atoms with van der Waals surface area (Å²) < 4.78 is 2.04. The van der Waals surface area contributed by atoms with Gasteiger partial charge in [-0.2, -0.15) is 0 Å². The number of rotatable bonds is 4. The quantitative estimate of drug-likeness (QED) is 0.433. The summed E-state index contributed by atoms with van der Waals surface area (Å²) in [5, 5.41) is 1.00. The van der Waals surface area contributed by atoms with Gasteiger partial charge < -0.3 is 0 Å². The van der Waals surface area contributed by atoms with Crippen LogP contribution in [0.5, 0.6) is 0 Å². The molecule has 0 bridgehead atoms. The Balaban J connectivity index is 0.000000461. The summed E-state index contributed by atoms with van der Waals surface area (Å²) in [5.74, 6) is 0. The molecule has 0 amide bonds. The van der Waals surface area contributed by atoms with Crippen LogP contribution < -0.4 is 0 Å². The van der Waals surface area contributed by atoms with Gasteiger partial charge in [-0.3, -0.25) is 9.29 Å². The van der Waals surface area contributed by atoms with Crippen LogP contribution in [-0.2, 0) is 6.42 Å². The predicted octanol–water partition coefficient (Wildman–Crippen LogP) is 6.53. The van der Waals surface area contributed by atoms with Gasteiger partial charge in [0.1, 0.15) is 5.01 Å². The molecule has 1 aliphatic rings. The molecule has 1 aliphatic carbocycles. The summed E-state index contributed by atoms with van der Waals surface area (Å²) in [6, 6.07) is 8.41. The molecule has 30 heavy (non-hydrogen) atoms. The molecule has 0 N–H and O–H groups in total. The van der Waals surface area contributed by atoms with Crippen LogP contribution in [0.2, 0.25) is 0 Å². The molecule has 3 aromatic heterocycles. The summed E-state index contributed by atoms with van der Waals surface area (Å²) in [7, 11) is 4.04. The Morgan fingerprint density at radius 3 is 2.63 bits per heavy atom. The average Bonchev–Trinajstić information content (AvgIpc) is 3.16. The fourth-order valence-corrected chi connectivity index (χ4v) is 4.40. The Morgan fingerprint density at radius 2 is 1.97 bits per heavy atom. The molecular formula is C24H30N4S2. The maximum absolute atomic E-state index is 5.04. The molecule has 3 heterocycles. The van der Waals surface area contributed by atoms with E-state index in [2.05, 4.69) is 43.1 Å². The second kappa shape index (κ2) is 10.8. The standard InChI is InChI=1S/C21H21N3S.C3H9NS/c1-3-6-15-7-4-8-16-10-11-18(24-19(15)16)20-14(2)23-21(25-20)17-9-5-12-22-13-17;1-4(2)5-3/h5-6,9-13H,3-4,7-8H2,1-2H3;1-3H3/b15-6-;. The topological polar surface area (TPSA) is 41.9 Å². The van der Waals surface area contributed by atoms with E-state index in [-0.39, 0.29) is 0 Å². The lowest BCUT2D eigenvalue weighted by atomic mass is 9.90. The maximum Gasteiger partial charge on any atom is 0.125 e. The second-order valence-electron chi connectivity index (χ2n) is 7.37. The Morgan fingerprint density at radius 1 is 1.17 bits per heavy atom. The molecule has 0 fully saturated rings. The van der Waals surface area contributed by atoms with Gasteiger partial charge in [0.2, 0.25) is 0 Å². The number of aryl methyl sites for hydroxylation is 2. The number of hydrogen-bond acceptors (Lipinski definition) is 6. The molecule has 6 heteroatoms. The van der Waals surface area contributed by atoms with Gasteiger partial charge in [0.05, 0.1) is 22.0 Å². The highest BCUT2D eigenvalue weighted by molar-refractivity contribution is 7.96. The number of nitrogens with zero attached hydrogens (tertiary/aromatic N) is 4. The van der Waals surface area contributed by atoms with Gasteiger partial charge >= 0.3 is 0 Å². The van der Waals surface area contributed by atoms with Crippen molar-refractivity contribution in [1.82, 2.24) is 19.3 Å². The highest BCUT2D eigenvalue weighted by Gasteiger charge is 2.18. The van der Waals surface area contributed by atoms with Crippen LogP contribution in [0.3, 0.4) is 0 Å². The van der Waals surface area contributed by atoms with E-state index in [1.165, 1.54) is 23.3 Å². The lowest BCUT2D eigenvalue weighted by Gasteiger charge is -2.18. The predicted molar refractivity (Wildman–Crippen MR) is 132 cm³/mol. The van der Waals surface area contributed by atoms with E-state index < -0.39 is 0 Å². The molecule has 4 nitrogen and oxygen atoms in total. The minimum atomic E-state index is 1.00.